The summed E-state index contributed by atoms with van der Waals surface area (Å²) in [5, 5.41) is 14.4. The quantitative estimate of drug-likeness (QED) is 0.457. The third-order valence-corrected chi connectivity index (χ3v) is 5.05. The average molecular weight is 454 g/mol. The molecule has 3 rings (SSSR count). The highest BCUT2D eigenvalue weighted by Crippen LogP contribution is 2.43. The van der Waals surface area contributed by atoms with Gasteiger partial charge in [-0.2, -0.15) is 13.2 Å². The number of ether oxygens (including phenoxy) is 2. The number of thiocarbonyl (C=S) groups is 1. The third-order valence-electron chi connectivity index (χ3n) is 4.83. The van der Waals surface area contributed by atoms with E-state index in [2.05, 4.69) is 5.32 Å². The number of rotatable bonds is 6. The van der Waals surface area contributed by atoms with Crippen molar-refractivity contribution in [2.75, 3.05) is 6.61 Å². The zero-order chi connectivity index (χ0) is 22.6. The first-order chi connectivity index (χ1) is 14.7. The SMILES string of the molecule is CCOC(=O)[C@@H]1[C@H](c2ccc(OCc3ccccc3)cc2)NC(=S)N[C@@]1(O)C(F)(F)F. The van der Waals surface area contributed by atoms with Gasteiger partial charge in [-0.3, -0.25) is 4.79 Å². The third kappa shape index (κ3) is 4.91. The van der Waals surface area contributed by atoms with Crippen LogP contribution < -0.4 is 15.4 Å². The molecule has 1 heterocycles. The number of nitrogens with one attached hydrogen (secondary N) is 2. The molecule has 2 aromatic carbocycles. The minimum atomic E-state index is -5.19. The van der Waals surface area contributed by atoms with Crippen LogP contribution in [0.2, 0.25) is 0 Å². The molecule has 0 radical (unpaired) electrons. The molecule has 1 aliphatic rings. The summed E-state index contributed by atoms with van der Waals surface area (Å²) in [6.45, 7) is 1.63. The molecule has 0 amide bonds. The van der Waals surface area contributed by atoms with E-state index in [0.29, 0.717) is 17.9 Å². The Bertz CT molecular complexity index is 924. The standard InChI is InChI=1S/C21H21F3N2O4S/c1-2-29-18(27)16-17(25-19(31)26-20(16,28)21(22,23)24)14-8-10-15(11-9-14)30-12-13-6-4-3-5-7-13/h3-11,16-17,28H,2,12H2,1H3,(H2,25,26,31)/t16-,17-,20-/m0/s1. The lowest BCUT2D eigenvalue weighted by Crippen LogP contribution is -2.73. The molecule has 0 bridgehead atoms. The number of carbonyl (C=O) groups excluding carboxylic acids is 1. The Labute approximate surface area is 182 Å². The van der Waals surface area contributed by atoms with Crippen LogP contribution in [0.5, 0.6) is 5.75 Å². The van der Waals surface area contributed by atoms with E-state index >= 15 is 0 Å². The Hall–Kier alpha value is -2.85. The molecule has 1 aliphatic heterocycles. The number of aliphatic hydroxyl groups is 1. The van der Waals surface area contributed by atoms with Gasteiger partial charge < -0.3 is 25.2 Å². The van der Waals surface area contributed by atoms with Crippen molar-refractivity contribution in [3.05, 3.63) is 65.7 Å². The molecule has 0 saturated carbocycles. The van der Waals surface area contributed by atoms with Gasteiger partial charge in [0.25, 0.3) is 5.72 Å². The number of esters is 1. The van der Waals surface area contributed by atoms with Crippen LogP contribution >= 0.6 is 12.2 Å². The summed E-state index contributed by atoms with van der Waals surface area (Å²) in [6.07, 6.45) is -5.19. The summed E-state index contributed by atoms with van der Waals surface area (Å²) in [4.78, 5) is 12.4. The van der Waals surface area contributed by atoms with Crippen molar-refractivity contribution >= 4 is 23.3 Å². The lowest BCUT2D eigenvalue weighted by Gasteiger charge is -2.45. The fraction of sp³-hybridized carbons (Fsp3) is 0.333. The van der Waals surface area contributed by atoms with E-state index in [9.17, 15) is 23.1 Å². The first-order valence-electron chi connectivity index (χ1n) is 9.47. The highest BCUT2D eigenvalue weighted by molar-refractivity contribution is 7.80. The lowest BCUT2D eigenvalue weighted by molar-refractivity contribution is -0.292. The predicted octanol–water partition coefficient (Wildman–Crippen LogP) is 3.21. The Morgan fingerprint density at radius 2 is 1.81 bits per heavy atom. The predicted molar refractivity (Wildman–Crippen MR) is 110 cm³/mol. The number of alkyl halides is 3. The number of carbonyl (C=O) groups is 1. The number of halogens is 3. The summed E-state index contributed by atoms with van der Waals surface area (Å²) in [6, 6.07) is 14.3. The summed E-state index contributed by atoms with van der Waals surface area (Å²) in [5.74, 6) is -2.75. The van der Waals surface area contributed by atoms with Gasteiger partial charge in [0.05, 0.1) is 12.6 Å². The second-order valence-corrected chi connectivity index (χ2v) is 7.32. The number of hydrogen-bond donors (Lipinski definition) is 3. The Morgan fingerprint density at radius 1 is 1.16 bits per heavy atom. The second kappa shape index (κ2) is 9.11. The van der Waals surface area contributed by atoms with Gasteiger partial charge in [-0.1, -0.05) is 42.5 Å². The van der Waals surface area contributed by atoms with Gasteiger partial charge in [0, 0.05) is 0 Å². The summed E-state index contributed by atoms with van der Waals surface area (Å²) in [7, 11) is 0. The Balaban J connectivity index is 1.87. The van der Waals surface area contributed by atoms with Crippen LogP contribution in [0.4, 0.5) is 13.2 Å². The molecule has 0 aliphatic carbocycles. The first kappa shape index (κ1) is 22.8. The van der Waals surface area contributed by atoms with E-state index in [1.54, 1.807) is 17.4 Å². The van der Waals surface area contributed by atoms with Crippen LogP contribution in [-0.4, -0.2) is 34.7 Å². The van der Waals surface area contributed by atoms with Gasteiger partial charge in [0.15, 0.2) is 5.11 Å². The smallest absolute Gasteiger partial charge is 0.437 e. The van der Waals surface area contributed by atoms with E-state index in [1.807, 2.05) is 30.3 Å². The molecule has 166 valence electrons. The van der Waals surface area contributed by atoms with E-state index in [0.717, 1.165) is 5.56 Å². The Kier molecular flexibility index (Phi) is 6.71. The molecular formula is C21H21F3N2O4S. The summed E-state index contributed by atoms with van der Waals surface area (Å²) in [5.41, 5.74) is -2.33. The zero-order valence-electron chi connectivity index (χ0n) is 16.5. The van der Waals surface area contributed by atoms with Crippen LogP contribution in [0, 0.1) is 5.92 Å². The van der Waals surface area contributed by atoms with E-state index < -0.39 is 34.9 Å². The molecule has 10 heteroatoms. The maximum Gasteiger partial charge on any atom is 0.437 e. The molecular weight excluding hydrogens is 433 g/mol. The van der Waals surface area contributed by atoms with Crippen molar-refractivity contribution in [1.29, 1.82) is 0 Å². The minimum absolute atomic E-state index is 0.146. The van der Waals surface area contributed by atoms with Crippen molar-refractivity contribution in [2.45, 2.75) is 31.5 Å². The normalized spacial score (nSPS) is 23.5. The molecule has 0 unspecified atom stereocenters. The second-order valence-electron chi connectivity index (χ2n) is 6.91. The molecule has 6 nitrogen and oxygen atoms in total. The van der Waals surface area contributed by atoms with Gasteiger partial charge in [0.1, 0.15) is 18.3 Å². The lowest BCUT2D eigenvalue weighted by atomic mass is 9.82. The maximum atomic E-state index is 13.7. The van der Waals surface area contributed by atoms with Crippen molar-refractivity contribution in [3.63, 3.8) is 0 Å². The van der Waals surface area contributed by atoms with Gasteiger partial charge >= 0.3 is 12.1 Å². The van der Waals surface area contributed by atoms with Crippen LogP contribution in [0.25, 0.3) is 0 Å². The molecule has 0 aromatic heterocycles. The van der Waals surface area contributed by atoms with Gasteiger partial charge in [-0.15, -0.1) is 0 Å². The van der Waals surface area contributed by atoms with Crippen LogP contribution in [0.1, 0.15) is 24.1 Å². The van der Waals surface area contributed by atoms with Crippen molar-refractivity contribution in [2.24, 2.45) is 5.92 Å². The molecule has 3 N–H and O–H groups in total. The molecule has 1 saturated heterocycles. The monoisotopic (exact) mass is 454 g/mol. The zero-order valence-corrected chi connectivity index (χ0v) is 17.3. The Morgan fingerprint density at radius 3 is 2.39 bits per heavy atom. The van der Waals surface area contributed by atoms with E-state index in [1.165, 1.54) is 19.1 Å². The van der Waals surface area contributed by atoms with Crippen LogP contribution in [-0.2, 0) is 16.1 Å². The fourth-order valence-electron chi connectivity index (χ4n) is 3.33. The topological polar surface area (TPSA) is 79.8 Å². The van der Waals surface area contributed by atoms with Crippen LogP contribution in [0.3, 0.4) is 0 Å². The van der Waals surface area contributed by atoms with Gasteiger partial charge in [0.2, 0.25) is 0 Å². The molecule has 1 fully saturated rings. The summed E-state index contributed by atoms with van der Waals surface area (Å²) < 4.78 is 51.7. The highest BCUT2D eigenvalue weighted by Gasteiger charge is 2.66. The minimum Gasteiger partial charge on any atom is -0.489 e. The molecule has 0 spiro atoms. The molecule has 31 heavy (non-hydrogen) atoms. The van der Waals surface area contributed by atoms with Crippen LogP contribution in [0.15, 0.2) is 54.6 Å². The van der Waals surface area contributed by atoms with Crippen molar-refractivity contribution in [3.8, 4) is 5.75 Å². The van der Waals surface area contributed by atoms with Gasteiger partial charge in [-0.25, -0.2) is 0 Å². The summed E-state index contributed by atoms with van der Waals surface area (Å²) >= 11 is 4.87. The fourth-order valence-corrected chi connectivity index (χ4v) is 3.61. The largest absolute Gasteiger partial charge is 0.489 e. The van der Waals surface area contributed by atoms with Crippen molar-refractivity contribution < 1.29 is 32.5 Å². The van der Waals surface area contributed by atoms with Gasteiger partial charge in [-0.05, 0) is 42.4 Å². The van der Waals surface area contributed by atoms with E-state index in [-0.39, 0.29) is 6.61 Å². The van der Waals surface area contributed by atoms with E-state index in [4.69, 9.17) is 21.7 Å². The first-order valence-corrected chi connectivity index (χ1v) is 9.87. The van der Waals surface area contributed by atoms with Crippen molar-refractivity contribution in [1.82, 2.24) is 10.6 Å². The highest BCUT2D eigenvalue weighted by atomic mass is 32.1. The number of hydrogen-bond acceptors (Lipinski definition) is 5. The molecule has 2 aromatic rings. The average Bonchev–Trinajstić information content (AvgIpc) is 2.72. The maximum absolute atomic E-state index is 13.7. The molecule has 3 atom stereocenters. The number of benzene rings is 2.